The highest BCUT2D eigenvalue weighted by atomic mass is 35.5. The molecule has 76 valence electrons. The van der Waals surface area contributed by atoms with E-state index in [4.69, 9.17) is 11.6 Å². The van der Waals surface area contributed by atoms with Gasteiger partial charge in [-0.2, -0.15) is 0 Å². The van der Waals surface area contributed by atoms with Crippen LogP contribution >= 0.6 is 11.6 Å². The summed E-state index contributed by atoms with van der Waals surface area (Å²) in [5.74, 6) is 0. The molecule has 0 aromatic heterocycles. The fraction of sp³-hybridized carbons (Fsp3) is 0.385. The lowest BCUT2D eigenvalue weighted by atomic mass is 10.0. The summed E-state index contributed by atoms with van der Waals surface area (Å²) in [4.78, 5) is 0. The lowest BCUT2D eigenvalue weighted by molar-refractivity contribution is 0.822. The van der Waals surface area contributed by atoms with Crippen molar-refractivity contribution in [3.05, 3.63) is 47.0 Å². The predicted octanol–water partition coefficient (Wildman–Crippen LogP) is 4.63. The van der Waals surface area contributed by atoms with E-state index >= 15 is 0 Å². The smallest absolute Gasteiger partial charge is 0.0406 e. The Morgan fingerprint density at radius 2 is 1.86 bits per heavy atom. The molecule has 0 heterocycles. The van der Waals surface area contributed by atoms with Crippen molar-refractivity contribution in [2.75, 3.05) is 0 Å². The first-order valence-electron chi connectivity index (χ1n) is 5.13. The van der Waals surface area contributed by atoms with E-state index in [1.54, 1.807) is 0 Å². The maximum atomic E-state index is 5.81. The van der Waals surface area contributed by atoms with Gasteiger partial charge < -0.3 is 0 Å². The first kappa shape index (κ1) is 11.3. The second kappa shape index (κ2) is 5.87. The summed E-state index contributed by atoms with van der Waals surface area (Å²) in [6.45, 7) is 6.24. The maximum Gasteiger partial charge on any atom is 0.0406 e. The number of rotatable bonds is 5. The Kier molecular flexibility index (Phi) is 4.75. The molecular formula is C13H17Cl. The molecule has 14 heavy (non-hydrogen) atoms. The standard InChI is InChI=1S/C13H17Cl/c1-3-4-11(2)5-6-12-7-9-13(14)10-8-12/h7-10H,2-6H2,1H3. The maximum absolute atomic E-state index is 5.81. The van der Waals surface area contributed by atoms with Crippen molar-refractivity contribution in [1.29, 1.82) is 0 Å². The molecule has 0 amide bonds. The quantitative estimate of drug-likeness (QED) is 0.619. The van der Waals surface area contributed by atoms with E-state index in [1.807, 2.05) is 12.1 Å². The molecule has 0 radical (unpaired) electrons. The Morgan fingerprint density at radius 1 is 1.21 bits per heavy atom. The van der Waals surface area contributed by atoms with Crippen LogP contribution in [0.2, 0.25) is 5.02 Å². The number of aryl methyl sites for hydroxylation is 1. The number of halogens is 1. The molecule has 0 nitrogen and oxygen atoms in total. The van der Waals surface area contributed by atoms with Crippen LogP contribution in [0.25, 0.3) is 0 Å². The molecule has 0 aliphatic heterocycles. The summed E-state index contributed by atoms with van der Waals surface area (Å²) in [5, 5.41) is 0.807. The highest BCUT2D eigenvalue weighted by Crippen LogP contribution is 2.14. The Bertz CT molecular complexity index is 285. The molecule has 0 aliphatic carbocycles. The zero-order valence-electron chi connectivity index (χ0n) is 8.72. The van der Waals surface area contributed by atoms with Gasteiger partial charge in [0.25, 0.3) is 0 Å². The van der Waals surface area contributed by atoms with E-state index in [-0.39, 0.29) is 0 Å². The number of hydrogen-bond donors (Lipinski definition) is 0. The molecule has 0 fully saturated rings. The van der Waals surface area contributed by atoms with Crippen LogP contribution in [0.15, 0.2) is 36.4 Å². The molecule has 0 N–H and O–H groups in total. The topological polar surface area (TPSA) is 0 Å². The van der Waals surface area contributed by atoms with Crippen LogP contribution < -0.4 is 0 Å². The molecule has 0 saturated carbocycles. The third kappa shape index (κ3) is 3.97. The highest BCUT2D eigenvalue weighted by molar-refractivity contribution is 6.30. The van der Waals surface area contributed by atoms with Crippen molar-refractivity contribution >= 4 is 11.6 Å². The first-order valence-corrected chi connectivity index (χ1v) is 5.51. The molecule has 1 aromatic rings. The Labute approximate surface area is 91.6 Å². The second-order valence-electron chi connectivity index (χ2n) is 3.63. The lowest BCUT2D eigenvalue weighted by Gasteiger charge is -2.04. The van der Waals surface area contributed by atoms with Crippen LogP contribution in [0.5, 0.6) is 0 Å². The van der Waals surface area contributed by atoms with Crippen LogP contribution in [0.4, 0.5) is 0 Å². The third-order valence-corrected chi connectivity index (χ3v) is 2.54. The minimum absolute atomic E-state index is 0.807. The van der Waals surface area contributed by atoms with E-state index < -0.39 is 0 Å². The van der Waals surface area contributed by atoms with E-state index in [0.29, 0.717) is 0 Å². The number of hydrogen-bond acceptors (Lipinski definition) is 0. The average molecular weight is 209 g/mol. The highest BCUT2D eigenvalue weighted by Gasteiger charge is 1.96. The van der Waals surface area contributed by atoms with Crippen molar-refractivity contribution in [2.24, 2.45) is 0 Å². The van der Waals surface area contributed by atoms with Gasteiger partial charge in [0.15, 0.2) is 0 Å². The van der Waals surface area contributed by atoms with Gasteiger partial charge in [-0.25, -0.2) is 0 Å². The van der Waals surface area contributed by atoms with E-state index in [0.717, 1.165) is 24.3 Å². The zero-order chi connectivity index (χ0) is 10.4. The summed E-state index contributed by atoms with van der Waals surface area (Å²) in [6.07, 6.45) is 4.51. The van der Waals surface area contributed by atoms with E-state index in [2.05, 4.69) is 25.6 Å². The van der Waals surface area contributed by atoms with Crippen LogP contribution in [0, 0.1) is 0 Å². The van der Waals surface area contributed by atoms with Crippen molar-refractivity contribution < 1.29 is 0 Å². The van der Waals surface area contributed by atoms with Gasteiger partial charge in [-0.1, -0.05) is 49.2 Å². The Morgan fingerprint density at radius 3 is 2.43 bits per heavy atom. The molecule has 1 aromatic carbocycles. The van der Waals surface area contributed by atoms with Crippen LogP contribution in [-0.2, 0) is 6.42 Å². The molecule has 0 atom stereocenters. The van der Waals surface area contributed by atoms with Crippen LogP contribution in [0.1, 0.15) is 31.7 Å². The molecule has 1 rings (SSSR count). The van der Waals surface area contributed by atoms with Crippen molar-refractivity contribution in [1.82, 2.24) is 0 Å². The van der Waals surface area contributed by atoms with Gasteiger partial charge >= 0.3 is 0 Å². The Balaban J connectivity index is 2.38. The van der Waals surface area contributed by atoms with Crippen LogP contribution in [-0.4, -0.2) is 0 Å². The van der Waals surface area contributed by atoms with Crippen LogP contribution in [0.3, 0.4) is 0 Å². The molecule has 0 aliphatic rings. The zero-order valence-corrected chi connectivity index (χ0v) is 9.48. The minimum atomic E-state index is 0.807. The van der Waals surface area contributed by atoms with Crippen molar-refractivity contribution in [3.8, 4) is 0 Å². The van der Waals surface area contributed by atoms with Gasteiger partial charge in [0.1, 0.15) is 0 Å². The van der Waals surface area contributed by atoms with Gasteiger partial charge in [0, 0.05) is 5.02 Å². The third-order valence-electron chi connectivity index (χ3n) is 2.28. The first-order chi connectivity index (χ1) is 6.72. The molecular weight excluding hydrogens is 192 g/mol. The van der Waals surface area contributed by atoms with Gasteiger partial charge in [0.05, 0.1) is 0 Å². The van der Waals surface area contributed by atoms with Gasteiger partial charge in [0.2, 0.25) is 0 Å². The summed E-state index contributed by atoms with van der Waals surface area (Å²) in [7, 11) is 0. The summed E-state index contributed by atoms with van der Waals surface area (Å²) >= 11 is 5.81. The SMILES string of the molecule is C=C(CCC)CCc1ccc(Cl)cc1. The monoisotopic (exact) mass is 208 g/mol. The van der Waals surface area contributed by atoms with Crippen molar-refractivity contribution in [3.63, 3.8) is 0 Å². The second-order valence-corrected chi connectivity index (χ2v) is 4.06. The number of allylic oxidation sites excluding steroid dienone is 1. The van der Waals surface area contributed by atoms with Gasteiger partial charge in [-0.15, -0.1) is 0 Å². The van der Waals surface area contributed by atoms with E-state index in [9.17, 15) is 0 Å². The van der Waals surface area contributed by atoms with Gasteiger partial charge in [-0.05, 0) is 37.0 Å². The normalized spacial score (nSPS) is 10.1. The molecule has 0 saturated heterocycles. The van der Waals surface area contributed by atoms with E-state index in [1.165, 1.54) is 17.6 Å². The fourth-order valence-electron chi connectivity index (χ4n) is 1.45. The predicted molar refractivity (Wildman–Crippen MR) is 63.8 cm³/mol. The molecule has 0 unspecified atom stereocenters. The average Bonchev–Trinajstić information content (AvgIpc) is 2.17. The summed E-state index contributed by atoms with van der Waals surface area (Å²) in [5.41, 5.74) is 2.69. The minimum Gasteiger partial charge on any atom is -0.0999 e. The Hall–Kier alpha value is -0.750. The van der Waals surface area contributed by atoms with Crippen molar-refractivity contribution in [2.45, 2.75) is 32.6 Å². The fourth-order valence-corrected chi connectivity index (χ4v) is 1.58. The molecule has 1 heteroatoms. The molecule has 0 bridgehead atoms. The lowest BCUT2D eigenvalue weighted by Crippen LogP contribution is -1.87. The molecule has 0 spiro atoms. The summed E-state index contributed by atoms with van der Waals surface area (Å²) < 4.78 is 0. The number of benzene rings is 1. The summed E-state index contributed by atoms with van der Waals surface area (Å²) in [6, 6.07) is 8.06. The largest absolute Gasteiger partial charge is 0.0999 e. The van der Waals surface area contributed by atoms with Gasteiger partial charge in [-0.3, -0.25) is 0 Å².